The Hall–Kier alpha value is -3.42. The first kappa shape index (κ1) is 23.7. The molecule has 1 N–H and O–H groups in total. The minimum Gasteiger partial charge on any atom is -0.368 e. The number of amides is 3. The van der Waals surface area contributed by atoms with E-state index < -0.39 is 5.82 Å². The first-order valence-corrected chi connectivity index (χ1v) is 11.8. The lowest BCUT2D eigenvalue weighted by Crippen LogP contribution is -2.48. The second-order valence-corrected chi connectivity index (χ2v) is 9.22. The standard InChI is InChI=1S/C26H31FN4O3/c1-18(2)31(26(34)19-6-7-19)17-24(32)28-22-8-10-23(11-9-22)29-12-14-30(15-13-29)25(33)20-4-3-5-21(27)16-20/h3-5,8-11,16,18-19H,6-7,12-15,17H2,1-2H3,(H,28,32). The van der Waals surface area contributed by atoms with Crippen LogP contribution in [0.3, 0.4) is 0 Å². The van der Waals surface area contributed by atoms with Crippen molar-refractivity contribution in [2.24, 2.45) is 5.92 Å². The number of carbonyl (C=O) groups is 3. The molecule has 0 bridgehead atoms. The maximum Gasteiger partial charge on any atom is 0.254 e. The summed E-state index contributed by atoms with van der Waals surface area (Å²) in [7, 11) is 0. The summed E-state index contributed by atoms with van der Waals surface area (Å²) >= 11 is 0. The molecule has 0 atom stereocenters. The van der Waals surface area contributed by atoms with Gasteiger partial charge < -0.3 is 20.0 Å². The van der Waals surface area contributed by atoms with E-state index >= 15 is 0 Å². The fourth-order valence-electron chi connectivity index (χ4n) is 4.16. The van der Waals surface area contributed by atoms with Gasteiger partial charge in [0.2, 0.25) is 11.8 Å². The van der Waals surface area contributed by atoms with Gasteiger partial charge >= 0.3 is 0 Å². The van der Waals surface area contributed by atoms with Gasteiger partial charge in [0.25, 0.3) is 5.91 Å². The van der Waals surface area contributed by atoms with Crippen molar-refractivity contribution in [1.82, 2.24) is 9.80 Å². The lowest BCUT2D eigenvalue weighted by Gasteiger charge is -2.36. The second-order valence-electron chi connectivity index (χ2n) is 9.22. The van der Waals surface area contributed by atoms with Crippen LogP contribution in [-0.4, -0.2) is 66.3 Å². The Balaban J connectivity index is 1.28. The van der Waals surface area contributed by atoms with Gasteiger partial charge in [0, 0.05) is 55.1 Å². The van der Waals surface area contributed by atoms with Crippen LogP contribution in [0.2, 0.25) is 0 Å². The molecule has 2 fully saturated rings. The minimum atomic E-state index is -0.414. The van der Waals surface area contributed by atoms with Crippen molar-refractivity contribution in [3.05, 3.63) is 59.9 Å². The van der Waals surface area contributed by atoms with E-state index in [1.807, 2.05) is 38.1 Å². The summed E-state index contributed by atoms with van der Waals surface area (Å²) < 4.78 is 13.4. The first-order valence-electron chi connectivity index (χ1n) is 11.8. The third kappa shape index (κ3) is 5.73. The zero-order valence-corrected chi connectivity index (χ0v) is 19.7. The van der Waals surface area contributed by atoms with Crippen LogP contribution in [0.15, 0.2) is 48.5 Å². The first-order chi connectivity index (χ1) is 16.3. The summed E-state index contributed by atoms with van der Waals surface area (Å²) in [5.74, 6) is -0.634. The van der Waals surface area contributed by atoms with Crippen LogP contribution in [0, 0.1) is 11.7 Å². The SMILES string of the molecule is CC(C)N(CC(=O)Nc1ccc(N2CCN(C(=O)c3cccc(F)c3)CC2)cc1)C(=O)C1CC1. The largest absolute Gasteiger partial charge is 0.368 e. The molecule has 0 unspecified atom stereocenters. The number of nitrogens with zero attached hydrogens (tertiary/aromatic N) is 3. The van der Waals surface area contributed by atoms with Crippen molar-refractivity contribution in [3.8, 4) is 0 Å². The van der Waals surface area contributed by atoms with Crippen molar-refractivity contribution >= 4 is 29.1 Å². The number of hydrogen-bond donors (Lipinski definition) is 1. The van der Waals surface area contributed by atoms with Crippen LogP contribution in [-0.2, 0) is 9.59 Å². The monoisotopic (exact) mass is 466 g/mol. The van der Waals surface area contributed by atoms with Crippen LogP contribution in [0.4, 0.5) is 15.8 Å². The molecule has 2 aliphatic rings. The smallest absolute Gasteiger partial charge is 0.254 e. The fourth-order valence-corrected chi connectivity index (χ4v) is 4.16. The van der Waals surface area contributed by atoms with Gasteiger partial charge in [-0.25, -0.2) is 4.39 Å². The van der Waals surface area contributed by atoms with Crippen molar-refractivity contribution in [2.45, 2.75) is 32.7 Å². The van der Waals surface area contributed by atoms with E-state index in [0.29, 0.717) is 37.4 Å². The van der Waals surface area contributed by atoms with E-state index in [9.17, 15) is 18.8 Å². The normalized spacial score (nSPS) is 15.9. The highest BCUT2D eigenvalue weighted by molar-refractivity contribution is 5.95. The Kier molecular flexibility index (Phi) is 7.14. The molecular weight excluding hydrogens is 435 g/mol. The fraction of sp³-hybridized carbons (Fsp3) is 0.423. The number of carbonyl (C=O) groups excluding carboxylic acids is 3. The van der Waals surface area contributed by atoms with Crippen LogP contribution < -0.4 is 10.2 Å². The van der Waals surface area contributed by atoms with Gasteiger partial charge in [0.05, 0.1) is 0 Å². The molecule has 1 aliphatic carbocycles. The Morgan fingerprint density at radius 2 is 1.71 bits per heavy atom. The molecule has 0 spiro atoms. The second kappa shape index (κ2) is 10.2. The molecule has 180 valence electrons. The van der Waals surface area contributed by atoms with Gasteiger partial charge in [-0.1, -0.05) is 6.07 Å². The average Bonchev–Trinajstić information content (AvgIpc) is 3.68. The Morgan fingerprint density at radius 3 is 2.29 bits per heavy atom. The quantitative estimate of drug-likeness (QED) is 0.679. The van der Waals surface area contributed by atoms with Gasteiger partial charge in [-0.3, -0.25) is 14.4 Å². The summed E-state index contributed by atoms with van der Waals surface area (Å²) in [6.07, 6.45) is 1.83. The van der Waals surface area contributed by atoms with E-state index in [0.717, 1.165) is 18.5 Å². The number of hydrogen-bond acceptors (Lipinski definition) is 4. The minimum absolute atomic E-state index is 0.0207. The van der Waals surface area contributed by atoms with Crippen LogP contribution in [0.25, 0.3) is 0 Å². The van der Waals surface area contributed by atoms with Gasteiger partial charge in [-0.2, -0.15) is 0 Å². The summed E-state index contributed by atoms with van der Waals surface area (Å²) in [5.41, 5.74) is 2.04. The molecule has 1 saturated carbocycles. The van der Waals surface area contributed by atoms with E-state index in [-0.39, 0.29) is 36.2 Å². The van der Waals surface area contributed by atoms with Crippen molar-refractivity contribution in [1.29, 1.82) is 0 Å². The third-order valence-corrected chi connectivity index (χ3v) is 6.30. The topological polar surface area (TPSA) is 73.0 Å². The Bertz CT molecular complexity index is 1040. The number of benzene rings is 2. The lowest BCUT2D eigenvalue weighted by atomic mass is 10.1. The van der Waals surface area contributed by atoms with E-state index in [2.05, 4.69) is 10.2 Å². The molecule has 2 aromatic rings. The number of piperazine rings is 1. The summed E-state index contributed by atoms with van der Waals surface area (Å²) in [6, 6.07) is 13.3. The third-order valence-electron chi connectivity index (χ3n) is 6.30. The molecule has 4 rings (SSSR count). The van der Waals surface area contributed by atoms with Crippen LogP contribution in [0.1, 0.15) is 37.0 Å². The number of rotatable bonds is 7. The number of anilines is 2. The number of nitrogens with one attached hydrogen (secondary N) is 1. The molecule has 1 heterocycles. The zero-order valence-electron chi connectivity index (χ0n) is 19.7. The maximum atomic E-state index is 13.4. The zero-order chi connectivity index (χ0) is 24.2. The molecule has 34 heavy (non-hydrogen) atoms. The number of halogens is 1. The highest BCUT2D eigenvalue weighted by Crippen LogP contribution is 2.31. The van der Waals surface area contributed by atoms with Crippen molar-refractivity contribution < 1.29 is 18.8 Å². The summed E-state index contributed by atoms with van der Waals surface area (Å²) in [5, 5.41) is 2.88. The van der Waals surface area contributed by atoms with Gasteiger partial charge in [-0.05, 0) is 69.2 Å². The molecule has 2 aromatic carbocycles. The average molecular weight is 467 g/mol. The summed E-state index contributed by atoms with van der Waals surface area (Å²) in [4.78, 5) is 43.1. The van der Waals surface area contributed by atoms with Gasteiger partial charge in [-0.15, -0.1) is 0 Å². The Morgan fingerprint density at radius 1 is 1.03 bits per heavy atom. The van der Waals surface area contributed by atoms with E-state index in [1.165, 1.54) is 12.1 Å². The van der Waals surface area contributed by atoms with Crippen molar-refractivity contribution in [3.63, 3.8) is 0 Å². The van der Waals surface area contributed by atoms with Gasteiger partial charge in [0.1, 0.15) is 12.4 Å². The molecular formula is C26H31FN4O3. The lowest BCUT2D eigenvalue weighted by molar-refractivity contribution is -0.137. The molecule has 7 nitrogen and oxygen atoms in total. The molecule has 0 radical (unpaired) electrons. The van der Waals surface area contributed by atoms with Gasteiger partial charge in [0.15, 0.2) is 0 Å². The maximum absolute atomic E-state index is 13.4. The predicted molar refractivity (Wildman–Crippen MR) is 129 cm³/mol. The van der Waals surface area contributed by atoms with Crippen LogP contribution in [0.5, 0.6) is 0 Å². The summed E-state index contributed by atoms with van der Waals surface area (Å²) in [6.45, 7) is 6.33. The molecule has 3 amide bonds. The molecule has 0 aromatic heterocycles. The highest BCUT2D eigenvalue weighted by atomic mass is 19.1. The van der Waals surface area contributed by atoms with E-state index in [4.69, 9.17) is 0 Å². The predicted octanol–water partition coefficient (Wildman–Crippen LogP) is 3.37. The molecule has 8 heteroatoms. The highest BCUT2D eigenvalue weighted by Gasteiger charge is 2.35. The molecule has 1 aliphatic heterocycles. The van der Waals surface area contributed by atoms with Crippen molar-refractivity contribution in [2.75, 3.05) is 42.9 Å². The Labute approximate surface area is 199 Å². The van der Waals surface area contributed by atoms with E-state index in [1.54, 1.807) is 21.9 Å². The van der Waals surface area contributed by atoms with Crippen LogP contribution >= 0.6 is 0 Å². The molecule has 1 saturated heterocycles.